The maximum atomic E-state index is 13.3. The van der Waals surface area contributed by atoms with Crippen LogP contribution >= 0.6 is 0 Å². The molecule has 4 rings (SSSR count). The first-order valence-electron chi connectivity index (χ1n) is 12.2. The third-order valence-corrected chi connectivity index (χ3v) is 8.91. The Morgan fingerprint density at radius 1 is 0.974 bits per heavy atom. The molecule has 1 atom stereocenters. The Bertz CT molecular complexity index is 1440. The van der Waals surface area contributed by atoms with Gasteiger partial charge in [-0.05, 0) is 79.9 Å². The summed E-state index contributed by atoms with van der Waals surface area (Å²) in [5, 5.41) is 9.27. The van der Waals surface area contributed by atoms with Gasteiger partial charge >= 0.3 is 0 Å². The van der Waals surface area contributed by atoms with Crippen molar-refractivity contribution in [2.75, 3.05) is 48.8 Å². The molecule has 1 aliphatic heterocycles. The van der Waals surface area contributed by atoms with Crippen LogP contribution in [-0.2, 0) is 19.9 Å². The molecule has 0 spiro atoms. The van der Waals surface area contributed by atoms with Crippen molar-refractivity contribution in [1.29, 1.82) is 0 Å². The van der Waals surface area contributed by atoms with Gasteiger partial charge in [0.15, 0.2) is 0 Å². The number of sulfonamides is 1. The minimum absolute atomic E-state index is 0.0578. The van der Waals surface area contributed by atoms with E-state index in [0.717, 1.165) is 12.8 Å². The Morgan fingerprint density at radius 2 is 1.66 bits per heavy atom. The molecular formula is C25H31FN6O4S2. The van der Waals surface area contributed by atoms with Gasteiger partial charge in [0.05, 0.1) is 10.6 Å². The molecule has 0 bridgehead atoms. The fraction of sp³-hybridized carbons (Fsp3) is 0.360. The molecule has 1 fully saturated rings. The molecular weight excluding hydrogens is 531 g/mol. The highest BCUT2D eigenvalue weighted by molar-refractivity contribution is 7.90. The van der Waals surface area contributed by atoms with E-state index in [1.807, 2.05) is 0 Å². The lowest BCUT2D eigenvalue weighted by Gasteiger charge is -2.32. The van der Waals surface area contributed by atoms with E-state index in [1.54, 1.807) is 48.7 Å². The summed E-state index contributed by atoms with van der Waals surface area (Å²) in [6.07, 6.45) is 4.40. The largest absolute Gasteiger partial charge is 0.340 e. The number of benzene rings is 2. The highest BCUT2D eigenvalue weighted by atomic mass is 32.2. The van der Waals surface area contributed by atoms with Gasteiger partial charge in [-0.2, -0.15) is 9.29 Å². The number of hydrogen-bond donors (Lipinski definition) is 3. The van der Waals surface area contributed by atoms with E-state index in [2.05, 4.69) is 25.9 Å². The topological polar surface area (TPSA) is 133 Å². The zero-order chi connectivity index (χ0) is 27.2. The van der Waals surface area contributed by atoms with Gasteiger partial charge in [0, 0.05) is 43.5 Å². The van der Waals surface area contributed by atoms with Crippen LogP contribution in [0.15, 0.2) is 65.7 Å². The second-order valence-electron chi connectivity index (χ2n) is 9.25. The predicted molar refractivity (Wildman–Crippen MR) is 146 cm³/mol. The van der Waals surface area contributed by atoms with Crippen molar-refractivity contribution < 1.29 is 21.2 Å². The highest BCUT2D eigenvalue weighted by Crippen LogP contribution is 2.25. The van der Waals surface area contributed by atoms with Gasteiger partial charge in [0.1, 0.15) is 21.5 Å². The van der Waals surface area contributed by atoms with Gasteiger partial charge in [0.2, 0.25) is 16.0 Å². The first kappa shape index (κ1) is 27.9. The highest BCUT2D eigenvalue weighted by Gasteiger charge is 2.30. The van der Waals surface area contributed by atoms with Gasteiger partial charge < -0.3 is 16.0 Å². The maximum Gasteiger partial charge on any atom is 0.243 e. The minimum atomic E-state index is -3.67. The maximum absolute atomic E-state index is 13.3. The molecule has 0 saturated carbocycles. The molecule has 1 saturated heterocycles. The van der Waals surface area contributed by atoms with Crippen molar-refractivity contribution in [2.24, 2.45) is 5.92 Å². The Morgan fingerprint density at radius 3 is 2.37 bits per heavy atom. The van der Waals surface area contributed by atoms with Crippen molar-refractivity contribution in [2.45, 2.75) is 17.7 Å². The van der Waals surface area contributed by atoms with E-state index in [9.17, 15) is 21.2 Å². The molecule has 0 aliphatic carbocycles. The number of piperidine rings is 1. The van der Waals surface area contributed by atoms with Gasteiger partial charge in [-0.15, -0.1) is 0 Å². The van der Waals surface area contributed by atoms with E-state index in [4.69, 9.17) is 0 Å². The average molecular weight is 563 g/mol. The first-order chi connectivity index (χ1) is 18.1. The van der Waals surface area contributed by atoms with Gasteiger partial charge in [-0.1, -0.05) is 0 Å². The number of rotatable bonds is 11. The van der Waals surface area contributed by atoms with Crippen LogP contribution in [0.5, 0.6) is 0 Å². The lowest BCUT2D eigenvalue weighted by Crippen LogP contribution is -2.43. The number of halogens is 1. The summed E-state index contributed by atoms with van der Waals surface area (Å²) in [5.41, 5.74) is 1.30. The molecule has 1 aliphatic rings. The van der Waals surface area contributed by atoms with Crippen LogP contribution in [0.25, 0.3) is 0 Å². The summed E-state index contributed by atoms with van der Waals surface area (Å²) in [4.78, 5) is 8.78. The normalized spacial score (nSPS) is 16.7. The van der Waals surface area contributed by atoms with E-state index in [0.29, 0.717) is 49.3 Å². The smallest absolute Gasteiger partial charge is 0.243 e. The lowest BCUT2D eigenvalue weighted by atomic mass is 10.00. The third-order valence-electron chi connectivity index (χ3n) is 6.08. The predicted octanol–water partition coefficient (Wildman–Crippen LogP) is 3.14. The first-order valence-corrected chi connectivity index (χ1v) is 15.7. The third kappa shape index (κ3) is 7.93. The molecule has 13 heteroatoms. The van der Waals surface area contributed by atoms with Crippen LogP contribution in [0.2, 0.25) is 0 Å². The standard InChI is InChI=1S/C25H31FN6O4S2/c1-37(33,34)16-14-27-17-19-3-2-15-32(18-19)38(35,36)23-10-8-22(9-11-23)30-25-28-13-12-24(31-25)29-21-6-4-20(26)5-7-21/h4-13,19,27H,2-3,14-18H2,1H3,(H2,28,29,30,31). The Labute approximate surface area is 222 Å². The number of hydrogen-bond acceptors (Lipinski definition) is 9. The summed E-state index contributed by atoms with van der Waals surface area (Å²) in [6.45, 7) is 1.75. The minimum Gasteiger partial charge on any atom is -0.340 e. The molecule has 3 aromatic rings. The van der Waals surface area contributed by atoms with Crippen molar-refractivity contribution in [3.8, 4) is 0 Å². The Balaban J connectivity index is 1.35. The lowest BCUT2D eigenvalue weighted by molar-refractivity contribution is 0.261. The van der Waals surface area contributed by atoms with Crippen molar-refractivity contribution in [1.82, 2.24) is 19.6 Å². The molecule has 1 aromatic heterocycles. The molecule has 1 unspecified atom stereocenters. The zero-order valence-corrected chi connectivity index (χ0v) is 22.6. The van der Waals surface area contributed by atoms with Gasteiger partial charge in [-0.3, -0.25) is 0 Å². The molecule has 0 radical (unpaired) electrons. The quantitative estimate of drug-likeness (QED) is 0.301. The van der Waals surface area contributed by atoms with E-state index >= 15 is 0 Å². The van der Waals surface area contributed by atoms with Gasteiger partial charge in [-0.25, -0.2) is 26.2 Å². The van der Waals surface area contributed by atoms with Gasteiger partial charge in [0.25, 0.3) is 0 Å². The van der Waals surface area contributed by atoms with Crippen LogP contribution in [0.4, 0.5) is 27.5 Å². The second kappa shape index (κ2) is 12.2. The second-order valence-corrected chi connectivity index (χ2v) is 13.4. The Hall–Kier alpha value is -3.13. The van der Waals surface area contributed by atoms with Crippen LogP contribution in [0.1, 0.15) is 12.8 Å². The van der Waals surface area contributed by atoms with Crippen molar-refractivity contribution in [3.05, 3.63) is 66.6 Å². The van der Waals surface area contributed by atoms with Crippen molar-refractivity contribution >= 4 is 43.0 Å². The van der Waals surface area contributed by atoms with Crippen molar-refractivity contribution in [3.63, 3.8) is 0 Å². The number of nitrogens with zero attached hydrogens (tertiary/aromatic N) is 3. The van der Waals surface area contributed by atoms with Crippen LogP contribution in [0, 0.1) is 11.7 Å². The summed E-state index contributed by atoms with van der Waals surface area (Å²) in [6, 6.07) is 14.0. The van der Waals surface area contributed by atoms with E-state index in [-0.39, 0.29) is 22.4 Å². The fourth-order valence-corrected chi connectivity index (χ4v) is 6.20. The molecule has 204 valence electrons. The summed E-state index contributed by atoms with van der Waals surface area (Å²) >= 11 is 0. The SMILES string of the molecule is CS(=O)(=O)CCNCC1CCCN(S(=O)(=O)c2ccc(Nc3nccc(Nc4ccc(F)cc4)n3)cc2)C1. The molecule has 38 heavy (non-hydrogen) atoms. The molecule has 10 nitrogen and oxygen atoms in total. The van der Waals surface area contributed by atoms with Crippen LogP contribution < -0.4 is 16.0 Å². The number of sulfone groups is 1. The van der Waals surface area contributed by atoms with Crippen LogP contribution in [0.3, 0.4) is 0 Å². The monoisotopic (exact) mass is 562 g/mol. The summed E-state index contributed by atoms with van der Waals surface area (Å²) in [7, 11) is -6.70. The summed E-state index contributed by atoms with van der Waals surface area (Å²) < 4.78 is 63.7. The molecule has 2 aromatic carbocycles. The average Bonchev–Trinajstić information content (AvgIpc) is 2.88. The van der Waals surface area contributed by atoms with Crippen LogP contribution in [-0.4, -0.2) is 69.3 Å². The Kier molecular flexibility index (Phi) is 8.92. The van der Waals surface area contributed by atoms with E-state index in [1.165, 1.54) is 22.7 Å². The number of aromatic nitrogens is 2. The molecule has 2 heterocycles. The summed E-state index contributed by atoms with van der Waals surface area (Å²) in [5.74, 6) is 0.674. The fourth-order valence-electron chi connectivity index (χ4n) is 4.13. The zero-order valence-electron chi connectivity index (χ0n) is 21.0. The van der Waals surface area contributed by atoms with E-state index < -0.39 is 19.9 Å². The number of anilines is 4. The number of nitrogens with one attached hydrogen (secondary N) is 3. The molecule has 3 N–H and O–H groups in total. The molecule has 0 amide bonds.